The maximum Gasteiger partial charge on any atom is 0.148 e. The normalized spacial score (nSPS) is 9.82. The van der Waals surface area contributed by atoms with E-state index in [1.165, 1.54) is 5.56 Å². The number of nitrogens with zero attached hydrogens (tertiary/aromatic N) is 3. The first-order valence-electron chi connectivity index (χ1n) is 5.56. The number of nitrogens with one attached hydrogen (secondary N) is 1. The van der Waals surface area contributed by atoms with Gasteiger partial charge in [0.15, 0.2) is 0 Å². The third kappa shape index (κ3) is 3.35. The molecule has 0 aliphatic carbocycles. The Kier molecular flexibility index (Phi) is 3.77. The van der Waals surface area contributed by atoms with Gasteiger partial charge in [0, 0.05) is 18.8 Å². The number of rotatable bonds is 5. The van der Waals surface area contributed by atoms with Gasteiger partial charge in [0.1, 0.15) is 5.82 Å². The quantitative estimate of drug-likeness (QED) is 0.795. The van der Waals surface area contributed by atoms with Crippen molar-refractivity contribution >= 4 is 5.82 Å². The van der Waals surface area contributed by atoms with E-state index in [9.17, 15) is 0 Å². The molecule has 0 unspecified atom stereocenters. The number of nitriles is 1. The second kappa shape index (κ2) is 5.71. The van der Waals surface area contributed by atoms with Crippen molar-refractivity contribution in [3.8, 4) is 6.07 Å². The highest BCUT2D eigenvalue weighted by molar-refractivity contribution is 5.32. The van der Waals surface area contributed by atoms with Crippen LogP contribution in [0.2, 0.25) is 0 Å². The molecule has 0 amide bonds. The van der Waals surface area contributed by atoms with Gasteiger partial charge >= 0.3 is 0 Å². The molecule has 1 aromatic heterocycles. The summed E-state index contributed by atoms with van der Waals surface area (Å²) in [4.78, 5) is 0. The van der Waals surface area contributed by atoms with Gasteiger partial charge in [-0.2, -0.15) is 10.4 Å². The Morgan fingerprint density at radius 2 is 2.06 bits per heavy atom. The monoisotopic (exact) mass is 226 g/mol. The fourth-order valence-electron chi connectivity index (χ4n) is 1.56. The molecule has 2 rings (SSSR count). The first-order chi connectivity index (χ1) is 8.38. The van der Waals surface area contributed by atoms with Gasteiger partial charge in [0.05, 0.1) is 19.0 Å². The Morgan fingerprint density at radius 1 is 1.24 bits per heavy atom. The average Bonchev–Trinajstić information content (AvgIpc) is 2.79. The molecule has 1 N–H and O–H groups in total. The summed E-state index contributed by atoms with van der Waals surface area (Å²) in [5.41, 5.74) is 1.22. The molecule has 17 heavy (non-hydrogen) atoms. The summed E-state index contributed by atoms with van der Waals surface area (Å²) in [5.74, 6) is 0.816. The Balaban J connectivity index is 1.93. The molecule has 0 atom stereocenters. The van der Waals surface area contributed by atoms with Crippen molar-refractivity contribution in [2.45, 2.75) is 13.0 Å². The van der Waals surface area contributed by atoms with Gasteiger partial charge in [-0.05, 0) is 5.56 Å². The van der Waals surface area contributed by atoms with Gasteiger partial charge < -0.3 is 5.32 Å². The average molecular weight is 226 g/mol. The molecule has 0 aliphatic rings. The molecule has 0 saturated carbocycles. The standard InChI is InChI=1S/C13H14N4/c14-8-4-9-15-13-7-10-17(16-13)11-12-5-2-1-3-6-12/h1-3,5-7,10H,4,9,11H2,(H,15,16). The third-order valence-corrected chi connectivity index (χ3v) is 2.37. The Bertz CT molecular complexity index is 496. The van der Waals surface area contributed by atoms with E-state index in [0.29, 0.717) is 13.0 Å². The zero-order valence-corrected chi connectivity index (χ0v) is 9.50. The van der Waals surface area contributed by atoms with Crippen molar-refractivity contribution < 1.29 is 0 Å². The maximum absolute atomic E-state index is 8.43. The van der Waals surface area contributed by atoms with Gasteiger partial charge in [-0.25, -0.2) is 0 Å². The summed E-state index contributed by atoms with van der Waals surface area (Å²) in [6.07, 6.45) is 2.42. The first kappa shape index (κ1) is 11.2. The number of benzene rings is 1. The molecule has 0 saturated heterocycles. The molecule has 0 spiro atoms. The molecular weight excluding hydrogens is 212 g/mol. The number of hydrogen-bond donors (Lipinski definition) is 1. The highest BCUT2D eigenvalue weighted by Crippen LogP contribution is 2.06. The van der Waals surface area contributed by atoms with E-state index in [1.54, 1.807) is 0 Å². The van der Waals surface area contributed by atoms with Crippen LogP contribution >= 0.6 is 0 Å². The minimum atomic E-state index is 0.492. The molecule has 0 bridgehead atoms. The summed E-state index contributed by atoms with van der Waals surface area (Å²) in [6.45, 7) is 1.40. The third-order valence-electron chi connectivity index (χ3n) is 2.37. The van der Waals surface area contributed by atoms with Gasteiger partial charge in [-0.1, -0.05) is 30.3 Å². The van der Waals surface area contributed by atoms with Crippen LogP contribution in [0.4, 0.5) is 5.82 Å². The van der Waals surface area contributed by atoms with Crippen molar-refractivity contribution in [1.29, 1.82) is 5.26 Å². The molecule has 2 aromatic rings. The van der Waals surface area contributed by atoms with E-state index >= 15 is 0 Å². The van der Waals surface area contributed by atoms with Crippen LogP contribution in [0.15, 0.2) is 42.6 Å². The summed E-state index contributed by atoms with van der Waals surface area (Å²) in [6, 6.07) is 14.2. The SMILES string of the molecule is N#CCCNc1ccn(Cc2ccccc2)n1. The lowest BCUT2D eigenvalue weighted by Crippen LogP contribution is -2.04. The number of hydrogen-bond acceptors (Lipinski definition) is 3. The van der Waals surface area contributed by atoms with Crippen LogP contribution in [0, 0.1) is 11.3 Å². The summed E-state index contributed by atoms with van der Waals surface area (Å²) >= 11 is 0. The maximum atomic E-state index is 8.43. The molecule has 4 heteroatoms. The Labute approximate surface area is 100 Å². The minimum absolute atomic E-state index is 0.492. The molecule has 0 radical (unpaired) electrons. The van der Waals surface area contributed by atoms with E-state index in [2.05, 4.69) is 28.6 Å². The lowest BCUT2D eigenvalue weighted by Gasteiger charge is -2.01. The van der Waals surface area contributed by atoms with Crippen LogP contribution < -0.4 is 5.32 Å². The summed E-state index contributed by atoms with van der Waals surface area (Å²) in [7, 11) is 0. The van der Waals surface area contributed by atoms with Crippen molar-refractivity contribution in [2.24, 2.45) is 0 Å². The van der Waals surface area contributed by atoms with Gasteiger partial charge in [0.25, 0.3) is 0 Å². The molecule has 0 fully saturated rings. The predicted molar refractivity (Wildman–Crippen MR) is 66.5 cm³/mol. The van der Waals surface area contributed by atoms with Crippen LogP contribution in [-0.4, -0.2) is 16.3 Å². The van der Waals surface area contributed by atoms with Crippen molar-refractivity contribution in [2.75, 3.05) is 11.9 Å². The number of anilines is 1. The lowest BCUT2D eigenvalue weighted by molar-refractivity contribution is 0.688. The van der Waals surface area contributed by atoms with E-state index in [1.807, 2.05) is 35.1 Å². The summed E-state index contributed by atoms with van der Waals surface area (Å²) < 4.78 is 1.88. The van der Waals surface area contributed by atoms with Crippen LogP contribution in [0.5, 0.6) is 0 Å². The van der Waals surface area contributed by atoms with Crippen LogP contribution in [-0.2, 0) is 6.54 Å². The second-order valence-electron chi connectivity index (χ2n) is 3.72. The van der Waals surface area contributed by atoms with Gasteiger partial charge in [-0.15, -0.1) is 0 Å². The molecule has 0 aliphatic heterocycles. The van der Waals surface area contributed by atoms with E-state index in [4.69, 9.17) is 5.26 Å². The van der Waals surface area contributed by atoms with Crippen LogP contribution in [0.1, 0.15) is 12.0 Å². The van der Waals surface area contributed by atoms with Crippen molar-refractivity contribution in [1.82, 2.24) is 9.78 Å². The first-order valence-corrected chi connectivity index (χ1v) is 5.56. The molecule has 4 nitrogen and oxygen atoms in total. The van der Waals surface area contributed by atoms with E-state index in [0.717, 1.165) is 12.4 Å². The largest absolute Gasteiger partial charge is 0.368 e. The van der Waals surface area contributed by atoms with Crippen molar-refractivity contribution in [3.63, 3.8) is 0 Å². The van der Waals surface area contributed by atoms with Crippen molar-refractivity contribution in [3.05, 3.63) is 48.2 Å². The fraction of sp³-hybridized carbons (Fsp3) is 0.231. The molecule has 86 valence electrons. The zero-order chi connectivity index (χ0) is 11.9. The second-order valence-corrected chi connectivity index (χ2v) is 3.72. The molecule has 1 heterocycles. The van der Waals surface area contributed by atoms with E-state index < -0.39 is 0 Å². The highest BCUT2D eigenvalue weighted by atomic mass is 15.3. The highest BCUT2D eigenvalue weighted by Gasteiger charge is 1.98. The van der Waals surface area contributed by atoms with Crippen LogP contribution in [0.3, 0.4) is 0 Å². The van der Waals surface area contributed by atoms with Gasteiger partial charge in [-0.3, -0.25) is 4.68 Å². The molecule has 1 aromatic carbocycles. The van der Waals surface area contributed by atoms with Gasteiger partial charge in [0.2, 0.25) is 0 Å². The fourth-order valence-corrected chi connectivity index (χ4v) is 1.56. The predicted octanol–water partition coefficient (Wildman–Crippen LogP) is 2.26. The lowest BCUT2D eigenvalue weighted by atomic mass is 10.2. The molecular formula is C13H14N4. The Morgan fingerprint density at radius 3 is 2.82 bits per heavy atom. The summed E-state index contributed by atoms with van der Waals surface area (Å²) in [5, 5.41) is 15.9. The zero-order valence-electron chi connectivity index (χ0n) is 9.50. The smallest absolute Gasteiger partial charge is 0.148 e. The Hall–Kier alpha value is -2.28. The van der Waals surface area contributed by atoms with E-state index in [-0.39, 0.29) is 0 Å². The minimum Gasteiger partial charge on any atom is -0.368 e. The number of aromatic nitrogens is 2. The topological polar surface area (TPSA) is 53.6 Å². The van der Waals surface area contributed by atoms with Crippen LogP contribution in [0.25, 0.3) is 0 Å².